The second-order valence-electron chi connectivity index (χ2n) is 7.45. The predicted octanol–water partition coefficient (Wildman–Crippen LogP) is 4.50. The Labute approximate surface area is 194 Å². The van der Waals surface area contributed by atoms with Gasteiger partial charge >= 0.3 is 0 Å². The zero-order chi connectivity index (χ0) is 22.9. The quantitative estimate of drug-likeness (QED) is 0.337. The van der Waals surface area contributed by atoms with E-state index in [-0.39, 0.29) is 19.0 Å². The Morgan fingerprint density at radius 3 is 2.73 bits per heavy atom. The summed E-state index contributed by atoms with van der Waals surface area (Å²) in [7, 11) is 1.53. The molecule has 2 aromatic heterocycles. The van der Waals surface area contributed by atoms with Gasteiger partial charge in [-0.25, -0.2) is 0 Å². The molecule has 7 nitrogen and oxygen atoms in total. The number of hydrogen-bond acceptors (Lipinski definition) is 5. The van der Waals surface area contributed by atoms with Crippen molar-refractivity contribution >= 4 is 28.8 Å². The Bertz CT molecular complexity index is 1400. The van der Waals surface area contributed by atoms with Crippen LogP contribution in [-0.2, 0) is 11.3 Å². The number of methoxy groups -OCH3 is 1. The van der Waals surface area contributed by atoms with Crippen molar-refractivity contribution in [3.8, 4) is 28.4 Å². The minimum Gasteiger partial charge on any atom is -0.495 e. The lowest BCUT2D eigenvalue weighted by molar-refractivity contribution is -0.117. The molecule has 0 saturated carbocycles. The average Bonchev–Trinajstić information content (AvgIpc) is 3.46. The van der Waals surface area contributed by atoms with Crippen LogP contribution in [0.15, 0.2) is 66.9 Å². The number of pyridine rings is 1. The maximum absolute atomic E-state index is 13.3. The number of rotatable bonds is 6. The molecule has 2 aromatic carbocycles. The van der Waals surface area contributed by atoms with Gasteiger partial charge in [0.25, 0.3) is 11.7 Å². The van der Waals surface area contributed by atoms with Gasteiger partial charge in [0, 0.05) is 23.8 Å². The van der Waals surface area contributed by atoms with Crippen LogP contribution in [0, 0.1) is 0 Å². The molecule has 33 heavy (non-hydrogen) atoms. The number of Topliss-reactive ketones (excluding diaryl/α,β-unsaturated/α-hetero) is 1. The van der Waals surface area contributed by atoms with E-state index in [4.69, 9.17) is 25.8 Å². The van der Waals surface area contributed by atoms with Gasteiger partial charge in [0.05, 0.1) is 12.1 Å². The van der Waals surface area contributed by atoms with E-state index < -0.39 is 11.7 Å². The number of benzene rings is 2. The lowest BCUT2D eigenvalue weighted by Crippen LogP contribution is -2.31. The predicted molar refractivity (Wildman–Crippen MR) is 123 cm³/mol. The van der Waals surface area contributed by atoms with Crippen molar-refractivity contribution in [2.24, 2.45) is 0 Å². The number of hydrogen-bond donors (Lipinski definition) is 1. The summed E-state index contributed by atoms with van der Waals surface area (Å²) in [4.78, 5) is 26.2. The van der Waals surface area contributed by atoms with E-state index in [0.29, 0.717) is 33.4 Å². The molecule has 0 unspecified atom stereocenters. The minimum atomic E-state index is -0.711. The second-order valence-corrected chi connectivity index (χ2v) is 7.86. The molecule has 0 atom stereocenters. The topological polar surface area (TPSA) is 78.3 Å². The monoisotopic (exact) mass is 462 g/mol. The lowest BCUT2D eigenvalue weighted by Gasteiger charge is -2.09. The first-order chi connectivity index (χ1) is 16.0. The third-order valence-corrected chi connectivity index (χ3v) is 5.75. The van der Waals surface area contributed by atoms with E-state index in [0.717, 1.165) is 11.1 Å². The van der Waals surface area contributed by atoms with Crippen molar-refractivity contribution in [3.05, 3.63) is 83.1 Å². The van der Waals surface area contributed by atoms with Crippen LogP contribution in [-0.4, -0.2) is 30.0 Å². The number of ether oxygens (including phenoxy) is 3. The summed E-state index contributed by atoms with van der Waals surface area (Å²) in [6.07, 6.45) is 1.75. The summed E-state index contributed by atoms with van der Waals surface area (Å²) in [6, 6.07) is 18.0. The van der Waals surface area contributed by atoms with Gasteiger partial charge < -0.3 is 23.9 Å². The summed E-state index contributed by atoms with van der Waals surface area (Å²) in [5.74, 6) is 0.438. The highest BCUT2D eigenvalue weighted by Crippen LogP contribution is 2.34. The molecule has 0 bridgehead atoms. The van der Waals surface area contributed by atoms with Crippen molar-refractivity contribution in [2.45, 2.75) is 6.54 Å². The standard InChI is InChI=1S/C25H19ClN2O5/c1-31-20-8-6-16(11-19(20)26)18-12-17-4-2-3-9-28(17)23(18)24(29)25(30)27-13-15-5-7-21-22(10-15)33-14-32-21/h2-12H,13-14H2,1H3,(H,27,30). The first-order valence-corrected chi connectivity index (χ1v) is 10.6. The number of halogens is 1. The van der Waals surface area contributed by atoms with Crippen LogP contribution in [0.2, 0.25) is 5.02 Å². The van der Waals surface area contributed by atoms with E-state index in [1.165, 1.54) is 7.11 Å². The van der Waals surface area contributed by atoms with Crippen molar-refractivity contribution < 1.29 is 23.8 Å². The van der Waals surface area contributed by atoms with E-state index in [9.17, 15) is 9.59 Å². The van der Waals surface area contributed by atoms with Crippen LogP contribution < -0.4 is 19.5 Å². The van der Waals surface area contributed by atoms with Crippen LogP contribution in [0.5, 0.6) is 17.2 Å². The second kappa shape index (κ2) is 8.52. The number of carbonyl (C=O) groups excluding carboxylic acids is 2. The third-order valence-electron chi connectivity index (χ3n) is 5.45. The van der Waals surface area contributed by atoms with Crippen LogP contribution in [0.1, 0.15) is 16.1 Å². The summed E-state index contributed by atoms with van der Waals surface area (Å²) < 4.78 is 17.6. The van der Waals surface area contributed by atoms with Gasteiger partial charge in [0.2, 0.25) is 6.79 Å². The SMILES string of the molecule is COc1ccc(-c2cc3ccccn3c2C(=O)C(=O)NCc2ccc3c(c2)OCO3)cc1Cl. The smallest absolute Gasteiger partial charge is 0.294 e. The summed E-state index contributed by atoms with van der Waals surface area (Å²) in [5, 5.41) is 3.12. The summed E-state index contributed by atoms with van der Waals surface area (Å²) in [5.41, 5.74) is 3.15. The van der Waals surface area contributed by atoms with Gasteiger partial charge in [-0.05, 0) is 53.6 Å². The van der Waals surface area contributed by atoms with Gasteiger partial charge in [-0.2, -0.15) is 0 Å². The molecule has 4 aromatic rings. The summed E-state index contributed by atoms with van der Waals surface area (Å²) >= 11 is 6.32. The molecule has 166 valence electrons. The molecule has 0 saturated heterocycles. The average molecular weight is 463 g/mol. The van der Waals surface area contributed by atoms with Gasteiger partial charge in [-0.15, -0.1) is 0 Å². The number of fused-ring (bicyclic) bond motifs is 2. The zero-order valence-electron chi connectivity index (χ0n) is 17.6. The fourth-order valence-electron chi connectivity index (χ4n) is 3.83. The molecule has 1 amide bonds. The Balaban J connectivity index is 1.45. The molecule has 0 spiro atoms. The van der Waals surface area contributed by atoms with E-state index >= 15 is 0 Å². The Kier molecular flexibility index (Phi) is 5.40. The van der Waals surface area contributed by atoms with Gasteiger partial charge in [-0.1, -0.05) is 29.8 Å². The van der Waals surface area contributed by atoms with Crippen LogP contribution in [0.25, 0.3) is 16.6 Å². The molecule has 3 heterocycles. The fourth-order valence-corrected chi connectivity index (χ4v) is 4.09. The Hall–Kier alpha value is -3.97. The first-order valence-electron chi connectivity index (χ1n) is 10.2. The highest BCUT2D eigenvalue weighted by atomic mass is 35.5. The highest BCUT2D eigenvalue weighted by Gasteiger charge is 2.25. The van der Waals surface area contributed by atoms with Crippen LogP contribution in [0.3, 0.4) is 0 Å². The Morgan fingerprint density at radius 1 is 1.06 bits per heavy atom. The number of nitrogens with zero attached hydrogens (tertiary/aromatic N) is 1. The largest absolute Gasteiger partial charge is 0.495 e. The van der Waals surface area contributed by atoms with E-state index in [1.807, 2.05) is 24.3 Å². The minimum absolute atomic E-state index is 0.170. The number of nitrogens with one attached hydrogen (secondary N) is 1. The molecule has 1 aliphatic rings. The van der Waals surface area contributed by atoms with E-state index in [1.54, 1.807) is 47.0 Å². The molecule has 1 aliphatic heterocycles. The molecular formula is C25H19ClN2O5. The molecule has 0 aliphatic carbocycles. The maximum Gasteiger partial charge on any atom is 0.294 e. The van der Waals surface area contributed by atoms with Crippen molar-refractivity contribution in [2.75, 3.05) is 13.9 Å². The number of aromatic nitrogens is 1. The maximum atomic E-state index is 13.3. The normalized spacial score (nSPS) is 12.1. The molecule has 1 N–H and O–H groups in total. The molecule has 0 fully saturated rings. The van der Waals surface area contributed by atoms with Crippen LogP contribution in [0.4, 0.5) is 0 Å². The molecule has 8 heteroatoms. The first kappa shape index (κ1) is 20.9. The van der Waals surface area contributed by atoms with Crippen molar-refractivity contribution in [1.29, 1.82) is 0 Å². The van der Waals surface area contributed by atoms with Gasteiger partial charge in [0.15, 0.2) is 11.5 Å². The van der Waals surface area contributed by atoms with Crippen LogP contribution >= 0.6 is 11.6 Å². The molecule has 0 radical (unpaired) electrons. The van der Waals surface area contributed by atoms with Gasteiger partial charge in [-0.3, -0.25) is 9.59 Å². The number of ketones is 1. The highest BCUT2D eigenvalue weighted by molar-refractivity contribution is 6.43. The summed E-state index contributed by atoms with van der Waals surface area (Å²) in [6.45, 7) is 0.345. The number of amides is 1. The third kappa shape index (κ3) is 3.87. The zero-order valence-corrected chi connectivity index (χ0v) is 18.4. The molecular weight excluding hydrogens is 444 g/mol. The van der Waals surface area contributed by atoms with Gasteiger partial charge in [0.1, 0.15) is 11.4 Å². The van der Waals surface area contributed by atoms with E-state index in [2.05, 4.69) is 5.32 Å². The fraction of sp³-hybridized carbons (Fsp3) is 0.120. The van der Waals surface area contributed by atoms with Crippen molar-refractivity contribution in [1.82, 2.24) is 9.72 Å². The Morgan fingerprint density at radius 2 is 1.91 bits per heavy atom. The molecule has 5 rings (SSSR count). The lowest BCUT2D eigenvalue weighted by atomic mass is 10.0. The van der Waals surface area contributed by atoms with Crippen molar-refractivity contribution in [3.63, 3.8) is 0 Å². The number of carbonyl (C=O) groups is 2.